The van der Waals surface area contributed by atoms with Gasteiger partial charge in [0.25, 0.3) is 5.91 Å². The van der Waals surface area contributed by atoms with Crippen molar-refractivity contribution in [3.63, 3.8) is 0 Å². The summed E-state index contributed by atoms with van der Waals surface area (Å²) in [6, 6.07) is 2.24. The van der Waals surface area contributed by atoms with Crippen LogP contribution in [0.3, 0.4) is 0 Å². The number of hydrogen-bond donors (Lipinski definition) is 1. The lowest BCUT2D eigenvalue weighted by Gasteiger charge is -2.33. The lowest BCUT2D eigenvalue weighted by atomic mass is 9.72. The number of fused-ring (bicyclic) bond motifs is 1. The fourth-order valence-electron chi connectivity index (χ4n) is 3.27. The Hall–Kier alpha value is -1.87. The highest BCUT2D eigenvalue weighted by molar-refractivity contribution is 7.16. The van der Waals surface area contributed by atoms with Crippen molar-refractivity contribution in [1.29, 1.82) is 5.26 Å². The molecule has 6 heteroatoms. The van der Waals surface area contributed by atoms with Crippen molar-refractivity contribution in [1.82, 2.24) is 0 Å². The van der Waals surface area contributed by atoms with Crippen molar-refractivity contribution in [2.45, 2.75) is 52.9 Å². The smallest absolute Gasteiger partial charge is 0.309 e. The number of rotatable bonds is 4. The van der Waals surface area contributed by atoms with Gasteiger partial charge < -0.3 is 10.1 Å². The van der Waals surface area contributed by atoms with Crippen molar-refractivity contribution in [3.8, 4) is 6.07 Å². The Bertz CT molecular complexity index is 735. The number of nitrogens with one attached hydrogen (secondary N) is 1. The lowest BCUT2D eigenvalue weighted by Crippen LogP contribution is -2.26. The van der Waals surface area contributed by atoms with Crippen LogP contribution in [-0.2, 0) is 27.2 Å². The number of amides is 1. The number of carbonyl (C=O) groups excluding carboxylic acids is 2. The summed E-state index contributed by atoms with van der Waals surface area (Å²) in [6.07, 6.45) is 4.60. The van der Waals surface area contributed by atoms with E-state index in [2.05, 4.69) is 32.2 Å². The van der Waals surface area contributed by atoms with Crippen molar-refractivity contribution in [3.05, 3.63) is 16.0 Å². The van der Waals surface area contributed by atoms with Crippen molar-refractivity contribution in [2.75, 3.05) is 11.9 Å². The molecule has 0 unspecified atom stereocenters. The third-order valence-electron chi connectivity index (χ3n) is 5.11. The van der Waals surface area contributed by atoms with E-state index in [1.54, 1.807) is 0 Å². The molecule has 1 aromatic heterocycles. The van der Waals surface area contributed by atoms with Crippen molar-refractivity contribution in [2.24, 2.45) is 17.3 Å². The maximum absolute atomic E-state index is 12.1. The summed E-state index contributed by atoms with van der Waals surface area (Å²) in [4.78, 5) is 24.8. The molecule has 0 saturated heterocycles. The van der Waals surface area contributed by atoms with E-state index in [-0.39, 0.29) is 29.8 Å². The highest BCUT2D eigenvalue weighted by atomic mass is 32.1. The van der Waals surface area contributed by atoms with Crippen LogP contribution in [0.5, 0.6) is 0 Å². The second kappa shape index (κ2) is 6.80. The number of hydrogen-bond acceptors (Lipinski definition) is 5. The highest BCUT2D eigenvalue weighted by Gasteiger charge is 2.33. The van der Waals surface area contributed by atoms with E-state index >= 15 is 0 Å². The van der Waals surface area contributed by atoms with Gasteiger partial charge in [0.05, 0.1) is 11.5 Å². The van der Waals surface area contributed by atoms with Gasteiger partial charge in [-0.2, -0.15) is 5.26 Å². The van der Waals surface area contributed by atoms with Gasteiger partial charge >= 0.3 is 5.97 Å². The van der Waals surface area contributed by atoms with Gasteiger partial charge in [-0.25, -0.2) is 0 Å². The van der Waals surface area contributed by atoms with Crippen LogP contribution in [0.1, 0.15) is 56.0 Å². The molecule has 25 heavy (non-hydrogen) atoms. The molecule has 1 aromatic rings. The number of carbonyl (C=O) groups is 2. The third kappa shape index (κ3) is 4.04. The predicted molar refractivity (Wildman–Crippen MR) is 96.3 cm³/mol. The molecule has 1 amide bonds. The van der Waals surface area contributed by atoms with Crippen LogP contribution in [0.15, 0.2) is 0 Å². The van der Waals surface area contributed by atoms with Crippen LogP contribution < -0.4 is 5.32 Å². The average Bonchev–Trinajstić information content (AvgIpc) is 3.33. The quantitative estimate of drug-likeness (QED) is 0.831. The fourth-order valence-corrected chi connectivity index (χ4v) is 4.56. The maximum Gasteiger partial charge on any atom is 0.309 e. The van der Waals surface area contributed by atoms with Crippen LogP contribution in [0.25, 0.3) is 0 Å². The van der Waals surface area contributed by atoms with Gasteiger partial charge in [0.15, 0.2) is 6.61 Å². The van der Waals surface area contributed by atoms with Gasteiger partial charge in [-0.1, -0.05) is 20.8 Å². The largest absolute Gasteiger partial charge is 0.455 e. The molecule has 134 valence electrons. The number of ether oxygens (including phenoxy) is 1. The van der Waals surface area contributed by atoms with Gasteiger partial charge in [0.2, 0.25) is 0 Å². The van der Waals surface area contributed by atoms with Gasteiger partial charge in [0, 0.05) is 4.88 Å². The van der Waals surface area contributed by atoms with E-state index < -0.39 is 0 Å². The Balaban J connectivity index is 1.68. The van der Waals surface area contributed by atoms with Gasteiger partial charge in [0.1, 0.15) is 11.1 Å². The zero-order valence-corrected chi connectivity index (χ0v) is 15.8. The first-order valence-electron chi connectivity index (χ1n) is 8.80. The normalized spacial score (nSPS) is 19.7. The second-order valence-corrected chi connectivity index (χ2v) is 9.16. The number of thiophene rings is 1. The molecule has 3 rings (SSSR count). The van der Waals surface area contributed by atoms with E-state index in [9.17, 15) is 14.9 Å². The summed E-state index contributed by atoms with van der Waals surface area (Å²) in [5.74, 6) is -0.121. The summed E-state index contributed by atoms with van der Waals surface area (Å²) in [5.41, 5.74) is 1.89. The van der Waals surface area contributed by atoms with Crippen LogP contribution in [0, 0.1) is 28.6 Å². The standard InChI is InChI=1S/C19H24N2O3S/c1-19(2,3)12-6-7-13-14(9-20)17(25-15(13)8-12)21-16(22)10-24-18(23)11-4-5-11/h11-12H,4-8,10H2,1-3H3,(H,21,22)/t12-/m0/s1. The zero-order chi connectivity index (χ0) is 18.2. The van der Waals surface area contributed by atoms with Gasteiger partial charge in [-0.05, 0) is 49.0 Å². The molecule has 1 N–H and O–H groups in total. The second-order valence-electron chi connectivity index (χ2n) is 8.06. The maximum atomic E-state index is 12.1. The molecule has 1 atom stereocenters. The topological polar surface area (TPSA) is 79.2 Å². The molecule has 1 saturated carbocycles. The minimum Gasteiger partial charge on any atom is -0.455 e. The van der Waals surface area contributed by atoms with Crippen LogP contribution >= 0.6 is 11.3 Å². The number of anilines is 1. The fraction of sp³-hybridized carbons (Fsp3) is 0.632. The van der Waals surface area contributed by atoms with E-state index in [0.29, 0.717) is 16.5 Å². The lowest BCUT2D eigenvalue weighted by molar-refractivity contribution is -0.148. The first kappa shape index (κ1) is 17.9. The number of nitrogens with zero attached hydrogens (tertiary/aromatic N) is 1. The monoisotopic (exact) mass is 360 g/mol. The molecule has 5 nitrogen and oxygen atoms in total. The van der Waals surface area contributed by atoms with Gasteiger partial charge in [-0.3, -0.25) is 9.59 Å². The summed E-state index contributed by atoms with van der Waals surface area (Å²) < 4.78 is 5.01. The predicted octanol–water partition coefficient (Wildman–Crippen LogP) is 3.66. The Labute approximate surface area is 152 Å². The van der Waals surface area contributed by atoms with E-state index in [4.69, 9.17) is 4.74 Å². The summed E-state index contributed by atoms with van der Waals surface area (Å²) in [6.45, 7) is 6.46. The van der Waals surface area contributed by atoms with E-state index in [1.807, 2.05) is 0 Å². The molecule has 2 aliphatic rings. The minimum absolute atomic E-state index is 0.0224. The average molecular weight is 360 g/mol. The molecule has 0 radical (unpaired) electrons. The van der Waals surface area contributed by atoms with Gasteiger partial charge in [-0.15, -0.1) is 11.3 Å². The highest BCUT2D eigenvalue weighted by Crippen LogP contribution is 2.43. The number of nitriles is 1. The van der Waals surface area contributed by atoms with Crippen LogP contribution in [0.4, 0.5) is 5.00 Å². The van der Waals surface area contributed by atoms with Crippen LogP contribution in [0.2, 0.25) is 0 Å². The summed E-state index contributed by atoms with van der Waals surface area (Å²) in [7, 11) is 0. The zero-order valence-electron chi connectivity index (χ0n) is 15.0. The van der Waals surface area contributed by atoms with Crippen LogP contribution in [-0.4, -0.2) is 18.5 Å². The Kier molecular flexibility index (Phi) is 4.88. The van der Waals surface area contributed by atoms with E-state index in [1.165, 1.54) is 16.2 Å². The summed E-state index contributed by atoms with van der Waals surface area (Å²) in [5, 5.41) is 12.9. The molecule has 1 heterocycles. The molecule has 2 aliphatic carbocycles. The Morgan fingerprint density at radius 1 is 1.32 bits per heavy atom. The number of esters is 1. The molecule has 0 aliphatic heterocycles. The molecular weight excluding hydrogens is 336 g/mol. The molecule has 0 aromatic carbocycles. The first-order valence-corrected chi connectivity index (χ1v) is 9.62. The minimum atomic E-state index is -0.378. The molecule has 1 fully saturated rings. The third-order valence-corrected chi connectivity index (χ3v) is 6.28. The molecule has 0 bridgehead atoms. The Morgan fingerprint density at radius 3 is 2.64 bits per heavy atom. The first-order chi connectivity index (χ1) is 11.8. The summed E-state index contributed by atoms with van der Waals surface area (Å²) >= 11 is 1.49. The van der Waals surface area contributed by atoms with E-state index in [0.717, 1.165) is 37.7 Å². The Morgan fingerprint density at radius 2 is 2.04 bits per heavy atom. The molecular formula is C19H24N2O3S. The van der Waals surface area contributed by atoms with Crippen molar-refractivity contribution >= 4 is 28.2 Å². The SMILES string of the molecule is CC(C)(C)[C@H]1CCc2c(sc(NC(=O)COC(=O)C3CC3)c2C#N)C1. The van der Waals surface area contributed by atoms with Crippen molar-refractivity contribution < 1.29 is 14.3 Å². The molecule has 0 spiro atoms.